The van der Waals surface area contributed by atoms with Crippen LogP contribution >= 0.6 is 0 Å². The number of rotatable bonds is 0. The first-order valence-corrected chi connectivity index (χ1v) is 2.83. The van der Waals surface area contributed by atoms with Crippen LogP contribution in [0, 0.1) is 5.41 Å². The molecule has 0 aromatic rings. The average Bonchev–Trinajstić information content (AvgIpc) is 1.83. The molecule has 0 aromatic carbocycles. The van der Waals surface area contributed by atoms with Gasteiger partial charge >= 0.3 is 0 Å². The minimum Gasteiger partial charge on any atom is -0.368 e. The fraction of sp³-hybridized carbons (Fsp3) is 0.600. The topological polar surface area (TPSA) is 74.3 Å². The van der Waals surface area contributed by atoms with E-state index in [0.29, 0.717) is 5.71 Å². The van der Waals surface area contributed by atoms with Gasteiger partial charge in [0.15, 0.2) is 0 Å². The van der Waals surface area contributed by atoms with Crippen LogP contribution in [-0.4, -0.2) is 24.3 Å². The van der Waals surface area contributed by atoms with Gasteiger partial charge in [-0.05, 0) is 6.92 Å². The summed E-state index contributed by atoms with van der Waals surface area (Å²) in [6.07, 6.45) is 1.12. The third-order valence-corrected chi connectivity index (χ3v) is 1.34. The Bertz CT molecular complexity index is 151. The quantitative estimate of drug-likeness (QED) is 0.402. The lowest BCUT2D eigenvalue weighted by Gasteiger charge is -2.20. The average molecular weight is 126 g/mol. The third kappa shape index (κ3) is 1.08. The molecule has 1 rings (SSSR count). The minimum atomic E-state index is -0.429. The second kappa shape index (κ2) is 2.14. The van der Waals surface area contributed by atoms with Gasteiger partial charge in [0.05, 0.1) is 18.1 Å². The first-order chi connectivity index (χ1) is 4.22. The molecule has 2 atom stereocenters. The normalized spacial score (nSPS) is 34.2. The molecule has 0 bridgehead atoms. The standard InChI is InChI=1S/C5H10N4/c1-3-4(6)5(7)9-2-8-3/h2-3,5-6H,7H2,1H3,(H,8,9). The molecule has 0 aliphatic carbocycles. The fourth-order valence-electron chi connectivity index (χ4n) is 0.661. The van der Waals surface area contributed by atoms with Crippen LogP contribution in [0.15, 0.2) is 4.99 Å². The van der Waals surface area contributed by atoms with Gasteiger partial charge in [-0.1, -0.05) is 0 Å². The Balaban J connectivity index is 2.69. The van der Waals surface area contributed by atoms with Crippen LogP contribution in [0.5, 0.6) is 0 Å². The highest BCUT2D eigenvalue weighted by molar-refractivity contribution is 5.95. The van der Waals surface area contributed by atoms with Gasteiger partial charge in [0.2, 0.25) is 0 Å². The highest BCUT2D eigenvalue weighted by Crippen LogP contribution is 1.94. The molecule has 0 spiro atoms. The van der Waals surface area contributed by atoms with Gasteiger partial charge < -0.3 is 16.5 Å². The summed E-state index contributed by atoms with van der Waals surface area (Å²) in [4.78, 5) is 3.78. The number of nitrogens with two attached hydrogens (primary N) is 1. The van der Waals surface area contributed by atoms with E-state index < -0.39 is 6.17 Å². The number of hydrogen-bond acceptors (Lipinski definition) is 4. The molecule has 0 radical (unpaired) electrons. The molecule has 0 saturated heterocycles. The Labute approximate surface area is 53.7 Å². The summed E-state index contributed by atoms with van der Waals surface area (Å²) in [7, 11) is 0. The maximum absolute atomic E-state index is 7.30. The molecule has 1 heterocycles. The molecule has 2 unspecified atom stereocenters. The predicted molar refractivity (Wildman–Crippen MR) is 36.8 cm³/mol. The Kier molecular flexibility index (Phi) is 1.48. The van der Waals surface area contributed by atoms with E-state index in [2.05, 4.69) is 10.3 Å². The van der Waals surface area contributed by atoms with Crippen molar-refractivity contribution >= 4 is 12.1 Å². The van der Waals surface area contributed by atoms with Crippen LogP contribution in [0.4, 0.5) is 0 Å². The molecule has 1 aliphatic rings. The first-order valence-electron chi connectivity index (χ1n) is 2.83. The Morgan fingerprint density at radius 1 is 1.89 bits per heavy atom. The van der Waals surface area contributed by atoms with Gasteiger partial charge in [-0.2, -0.15) is 0 Å². The van der Waals surface area contributed by atoms with Gasteiger partial charge in [0, 0.05) is 0 Å². The van der Waals surface area contributed by atoms with Crippen molar-refractivity contribution in [1.82, 2.24) is 5.32 Å². The monoisotopic (exact) mass is 126 g/mol. The molecular formula is C5H10N4. The van der Waals surface area contributed by atoms with E-state index in [1.54, 1.807) is 6.34 Å². The van der Waals surface area contributed by atoms with Crippen LogP contribution in [-0.2, 0) is 0 Å². The molecule has 0 fully saturated rings. The molecule has 4 N–H and O–H groups in total. The summed E-state index contributed by atoms with van der Waals surface area (Å²) >= 11 is 0. The summed E-state index contributed by atoms with van der Waals surface area (Å²) in [6.45, 7) is 1.88. The van der Waals surface area contributed by atoms with Crippen molar-refractivity contribution in [3.05, 3.63) is 0 Å². The SMILES string of the molecule is CC1NC=NC(N)C1=N. The van der Waals surface area contributed by atoms with Crippen LogP contribution in [0.25, 0.3) is 0 Å². The first kappa shape index (κ1) is 6.22. The smallest absolute Gasteiger partial charge is 0.139 e. The molecule has 0 saturated carbocycles. The van der Waals surface area contributed by atoms with E-state index >= 15 is 0 Å². The van der Waals surface area contributed by atoms with E-state index in [0.717, 1.165) is 0 Å². The van der Waals surface area contributed by atoms with Gasteiger partial charge in [-0.3, -0.25) is 4.99 Å². The van der Waals surface area contributed by atoms with Crippen LogP contribution in [0.2, 0.25) is 0 Å². The molecular weight excluding hydrogens is 116 g/mol. The number of hydrogen-bond donors (Lipinski definition) is 3. The van der Waals surface area contributed by atoms with E-state index in [1.165, 1.54) is 0 Å². The summed E-state index contributed by atoms with van der Waals surface area (Å²) in [6, 6.07) is 0.0394. The molecule has 1 aliphatic heterocycles. The van der Waals surface area contributed by atoms with Gasteiger partial charge in [0.1, 0.15) is 6.17 Å². The van der Waals surface area contributed by atoms with Gasteiger partial charge in [0.25, 0.3) is 0 Å². The van der Waals surface area contributed by atoms with Crippen molar-refractivity contribution in [2.45, 2.75) is 19.1 Å². The summed E-state index contributed by atoms with van der Waals surface area (Å²) in [5, 5.41) is 10.2. The Hall–Kier alpha value is -0.900. The lowest BCUT2D eigenvalue weighted by Crippen LogP contribution is -2.46. The third-order valence-electron chi connectivity index (χ3n) is 1.34. The second-order valence-corrected chi connectivity index (χ2v) is 2.07. The lowest BCUT2D eigenvalue weighted by atomic mass is 10.1. The van der Waals surface area contributed by atoms with Gasteiger partial charge in [-0.15, -0.1) is 0 Å². The van der Waals surface area contributed by atoms with Crippen molar-refractivity contribution in [2.24, 2.45) is 10.7 Å². The highest BCUT2D eigenvalue weighted by atomic mass is 15.1. The van der Waals surface area contributed by atoms with Gasteiger partial charge in [-0.25, -0.2) is 0 Å². The van der Waals surface area contributed by atoms with Crippen LogP contribution < -0.4 is 11.1 Å². The maximum atomic E-state index is 7.30. The zero-order valence-electron chi connectivity index (χ0n) is 5.26. The van der Waals surface area contributed by atoms with Crippen molar-refractivity contribution in [1.29, 1.82) is 5.41 Å². The van der Waals surface area contributed by atoms with Crippen molar-refractivity contribution < 1.29 is 0 Å². The van der Waals surface area contributed by atoms with Crippen LogP contribution in [0.3, 0.4) is 0 Å². The summed E-state index contributed by atoms with van der Waals surface area (Å²) in [5.74, 6) is 0. The number of nitrogens with zero attached hydrogens (tertiary/aromatic N) is 1. The summed E-state index contributed by atoms with van der Waals surface area (Å²) in [5.41, 5.74) is 5.85. The number of nitrogens with one attached hydrogen (secondary N) is 2. The van der Waals surface area contributed by atoms with Crippen molar-refractivity contribution in [2.75, 3.05) is 0 Å². The largest absolute Gasteiger partial charge is 0.368 e. The molecule has 0 aromatic heterocycles. The van der Waals surface area contributed by atoms with E-state index in [-0.39, 0.29) is 6.04 Å². The predicted octanol–water partition coefficient (Wildman–Crippen LogP) is -0.689. The molecule has 0 amide bonds. The molecule has 4 nitrogen and oxygen atoms in total. The minimum absolute atomic E-state index is 0.0394. The molecule has 50 valence electrons. The zero-order chi connectivity index (χ0) is 6.85. The van der Waals surface area contributed by atoms with Crippen molar-refractivity contribution in [3.8, 4) is 0 Å². The van der Waals surface area contributed by atoms with E-state index in [9.17, 15) is 0 Å². The zero-order valence-corrected chi connectivity index (χ0v) is 5.26. The Morgan fingerprint density at radius 2 is 2.56 bits per heavy atom. The van der Waals surface area contributed by atoms with Crippen molar-refractivity contribution in [3.63, 3.8) is 0 Å². The van der Waals surface area contributed by atoms with E-state index in [4.69, 9.17) is 11.1 Å². The fourth-order valence-corrected chi connectivity index (χ4v) is 0.661. The van der Waals surface area contributed by atoms with Crippen LogP contribution in [0.1, 0.15) is 6.92 Å². The Morgan fingerprint density at radius 3 is 3.00 bits per heavy atom. The highest BCUT2D eigenvalue weighted by Gasteiger charge is 2.16. The molecule has 4 heteroatoms. The molecule has 9 heavy (non-hydrogen) atoms. The second-order valence-electron chi connectivity index (χ2n) is 2.07. The number of aliphatic imine (C=N–C) groups is 1. The maximum Gasteiger partial charge on any atom is 0.139 e. The van der Waals surface area contributed by atoms with E-state index in [1.807, 2.05) is 6.92 Å². The lowest BCUT2D eigenvalue weighted by molar-refractivity contribution is 0.745. The summed E-state index contributed by atoms with van der Waals surface area (Å²) < 4.78 is 0.